The molecule has 1 saturated heterocycles. The number of nitrogens with zero attached hydrogens (tertiary/aromatic N) is 2. The van der Waals surface area contributed by atoms with E-state index in [1.54, 1.807) is 35.0 Å². The van der Waals surface area contributed by atoms with Crippen molar-refractivity contribution in [2.24, 2.45) is 7.05 Å². The van der Waals surface area contributed by atoms with Crippen LogP contribution in [0.2, 0.25) is 0 Å². The Morgan fingerprint density at radius 3 is 2.55 bits per heavy atom. The number of likely N-dealkylation sites (tertiary alicyclic amines) is 1. The maximum absolute atomic E-state index is 12.6. The number of pyridine rings is 1. The van der Waals surface area contributed by atoms with E-state index in [2.05, 4.69) is 4.98 Å². The lowest BCUT2D eigenvalue weighted by Crippen LogP contribution is -2.43. The Morgan fingerprint density at radius 2 is 1.79 bits per heavy atom. The third-order valence-corrected chi connectivity index (χ3v) is 7.02. The summed E-state index contributed by atoms with van der Waals surface area (Å²) in [6.45, 7) is 7.65. The molecule has 0 unspecified atom stereocenters. The molecule has 0 atom stereocenters. The number of hydrogen-bond donors (Lipinski definition) is 2. The van der Waals surface area contributed by atoms with Gasteiger partial charge in [-0.2, -0.15) is 0 Å². The first-order valence-corrected chi connectivity index (χ1v) is 14.1. The number of carbonyl (C=O) groups excluding carboxylic acids is 1. The fourth-order valence-electron chi connectivity index (χ4n) is 4.99. The minimum atomic E-state index is -0.500. The number of aromatic nitrogens is 2. The van der Waals surface area contributed by atoms with Gasteiger partial charge in [0.15, 0.2) is 0 Å². The standard InChI is InChI=1S/C32H38N4O6/c1-32(2,3)42-31(38)36-14-11-22(12-15-36)39-16-17-40-23-6-5-7-24(19-23)41-28-9-8-21(33)18-26(28)27-20-35(4)30(37)29-25(27)10-13-34-29/h5-10,13,18-20,22,34H,11-12,14-17,33H2,1-4H3. The number of H-pyrrole nitrogens is 1. The van der Waals surface area contributed by atoms with Gasteiger partial charge in [0.05, 0.1) is 12.7 Å². The second-order valence-electron chi connectivity index (χ2n) is 11.4. The van der Waals surface area contributed by atoms with Crippen molar-refractivity contribution >= 4 is 22.7 Å². The molecule has 1 aliphatic rings. The molecule has 0 aliphatic carbocycles. The largest absolute Gasteiger partial charge is 0.491 e. The molecular formula is C32H38N4O6. The molecule has 222 valence electrons. The van der Waals surface area contributed by atoms with E-state index in [0.29, 0.717) is 54.8 Å². The summed E-state index contributed by atoms with van der Waals surface area (Å²) in [5, 5.41) is 0.793. The van der Waals surface area contributed by atoms with Gasteiger partial charge in [-0.3, -0.25) is 4.79 Å². The second-order valence-corrected chi connectivity index (χ2v) is 11.4. The van der Waals surface area contributed by atoms with Gasteiger partial charge >= 0.3 is 6.09 Å². The first-order valence-electron chi connectivity index (χ1n) is 14.1. The molecular weight excluding hydrogens is 536 g/mol. The number of benzene rings is 2. The van der Waals surface area contributed by atoms with Crippen LogP contribution in [0.3, 0.4) is 0 Å². The monoisotopic (exact) mass is 574 g/mol. The van der Waals surface area contributed by atoms with Crippen molar-refractivity contribution in [3.8, 4) is 28.4 Å². The summed E-state index contributed by atoms with van der Waals surface area (Å²) in [5.41, 5.74) is 8.25. The van der Waals surface area contributed by atoms with Crippen molar-refractivity contribution < 1.29 is 23.7 Å². The van der Waals surface area contributed by atoms with Crippen LogP contribution in [-0.4, -0.2) is 58.6 Å². The Labute approximate surface area is 244 Å². The number of amides is 1. The first kappa shape index (κ1) is 29.1. The Kier molecular flexibility index (Phi) is 8.44. The summed E-state index contributed by atoms with van der Waals surface area (Å²) in [6.07, 6.45) is 4.87. The smallest absolute Gasteiger partial charge is 0.410 e. The van der Waals surface area contributed by atoms with Crippen LogP contribution in [-0.2, 0) is 16.5 Å². The lowest BCUT2D eigenvalue weighted by molar-refractivity contribution is -0.0177. The predicted octanol–water partition coefficient (Wildman–Crippen LogP) is 5.70. The molecule has 0 radical (unpaired) electrons. The average Bonchev–Trinajstić information content (AvgIpc) is 3.44. The zero-order valence-electron chi connectivity index (χ0n) is 24.5. The van der Waals surface area contributed by atoms with Crippen LogP contribution in [0.25, 0.3) is 22.0 Å². The van der Waals surface area contributed by atoms with Gasteiger partial charge in [-0.05, 0) is 70.0 Å². The third kappa shape index (κ3) is 6.88. The predicted molar refractivity (Wildman–Crippen MR) is 162 cm³/mol. The Balaban J connectivity index is 1.18. The van der Waals surface area contributed by atoms with E-state index in [4.69, 9.17) is 24.7 Å². The number of piperidine rings is 1. The minimum Gasteiger partial charge on any atom is -0.491 e. The van der Waals surface area contributed by atoms with Crippen LogP contribution in [0, 0.1) is 0 Å². The maximum atomic E-state index is 12.6. The van der Waals surface area contributed by atoms with Crippen molar-refractivity contribution in [1.29, 1.82) is 0 Å². The molecule has 5 rings (SSSR count). The fourth-order valence-corrected chi connectivity index (χ4v) is 4.99. The first-order chi connectivity index (χ1) is 20.1. The highest BCUT2D eigenvalue weighted by Gasteiger charge is 2.27. The summed E-state index contributed by atoms with van der Waals surface area (Å²) in [6, 6.07) is 14.7. The molecule has 10 nitrogen and oxygen atoms in total. The van der Waals surface area contributed by atoms with Crippen LogP contribution >= 0.6 is 0 Å². The summed E-state index contributed by atoms with van der Waals surface area (Å²) in [4.78, 5) is 29.6. The fraction of sp³-hybridized carbons (Fsp3) is 0.375. The molecule has 3 N–H and O–H groups in total. The number of nitrogens with two attached hydrogens (primary N) is 1. The van der Waals surface area contributed by atoms with E-state index in [-0.39, 0.29) is 17.8 Å². The number of aromatic amines is 1. The number of ether oxygens (including phenoxy) is 4. The number of nitrogen functional groups attached to an aromatic ring is 1. The van der Waals surface area contributed by atoms with Gasteiger partial charge in [-0.25, -0.2) is 4.79 Å². The van der Waals surface area contributed by atoms with Crippen molar-refractivity contribution in [3.05, 3.63) is 71.3 Å². The minimum absolute atomic E-state index is 0.0786. The molecule has 1 fully saturated rings. The number of hydrogen-bond acceptors (Lipinski definition) is 7. The van der Waals surface area contributed by atoms with E-state index in [0.717, 1.165) is 29.4 Å². The maximum Gasteiger partial charge on any atom is 0.410 e. The summed E-state index contributed by atoms with van der Waals surface area (Å²) in [7, 11) is 1.72. The van der Waals surface area contributed by atoms with Gasteiger partial charge in [-0.1, -0.05) is 6.07 Å². The molecule has 0 bridgehead atoms. The molecule has 42 heavy (non-hydrogen) atoms. The quantitative estimate of drug-likeness (QED) is 0.204. The molecule has 4 aromatic rings. The highest BCUT2D eigenvalue weighted by Crippen LogP contribution is 2.38. The van der Waals surface area contributed by atoms with Gasteiger partial charge in [0.2, 0.25) is 0 Å². The highest BCUT2D eigenvalue weighted by atomic mass is 16.6. The summed E-state index contributed by atoms with van der Waals surface area (Å²) in [5.74, 6) is 1.86. The van der Waals surface area contributed by atoms with Crippen molar-refractivity contribution in [3.63, 3.8) is 0 Å². The third-order valence-electron chi connectivity index (χ3n) is 7.02. The number of anilines is 1. The lowest BCUT2D eigenvalue weighted by Gasteiger charge is -2.33. The number of aryl methyl sites for hydroxylation is 1. The summed E-state index contributed by atoms with van der Waals surface area (Å²) >= 11 is 0. The topological polar surface area (TPSA) is 121 Å². The molecule has 10 heteroatoms. The molecule has 0 saturated carbocycles. The number of carbonyl (C=O) groups is 1. The van der Waals surface area contributed by atoms with Crippen molar-refractivity contribution in [2.75, 3.05) is 32.0 Å². The van der Waals surface area contributed by atoms with Crippen molar-refractivity contribution in [2.45, 2.75) is 45.3 Å². The van der Waals surface area contributed by atoms with Crippen LogP contribution in [0.15, 0.2) is 65.7 Å². The van der Waals surface area contributed by atoms with E-state index in [9.17, 15) is 9.59 Å². The number of fused-ring (bicyclic) bond motifs is 1. The van der Waals surface area contributed by atoms with Crippen LogP contribution in [0.5, 0.6) is 17.2 Å². The second kappa shape index (κ2) is 12.2. The van der Waals surface area contributed by atoms with E-state index in [1.165, 1.54) is 0 Å². The van der Waals surface area contributed by atoms with Gasteiger partial charge < -0.3 is 39.1 Å². The highest BCUT2D eigenvalue weighted by molar-refractivity contribution is 5.96. The Morgan fingerprint density at radius 1 is 1.02 bits per heavy atom. The van der Waals surface area contributed by atoms with Gasteiger partial charge in [0.1, 0.15) is 35.0 Å². The van der Waals surface area contributed by atoms with Crippen LogP contribution in [0.4, 0.5) is 10.5 Å². The van der Waals surface area contributed by atoms with Crippen LogP contribution < -0.4 is 20.8 Å². The molecule has 1 aliphatic heterocycles. The van der Waals surface area contributed by atoms with E-state index < -0.39 is 5.60 Å². The van der Waals surface area contributed by atoms with E-state index in [1.807, 2.05) is 63.2 Å². The SMILES string of the molecule is Cn1cc(-c2cc(N)ccc2Oc2cccc(OCCOC3CCN(C(=O)OC(C)(C)C)CC3)c2)c2cc[nH]c2c1=O. The molecule has 0 spiro atoms. The normalized spacial score (nSPS) is 14.2. The Bertz CT molecular complexity index is 1610. The molecule has 1 amide bonds. The van der Waals surface area contributed by atoms with Gasteiger partial charge in [0, 0.05) is 60.8 Å². The van der Waals surface area contributed by atoms with Gasteiger partial charge in [-0.15, -0.1) is 0 Å². The zero-order chi connectivity index (χ0) is 29.9. The molecule has 3 heterocycles. The number of nitrogens with one attached hydrogen (secondary N) is 1. The van der Waals surface area contributed by atoms with E-state index >= 15 is 0 Å². The lowest BCUT2D eigenvalue weighted by atomic mass is 10.0. The number of rotatable bonds is 8. The molecule has 2 aromatic heterocycles. The average molecular weight is 575 g/mol. The van der Waals surface area contributed by atoms with Gasteiger partial charge in [0.25, 0.3) is 5.56 Å². The zero-order valence-corrected chi connectivity index (χ0v) is 24.5. The van der Waals surface area contributed by atoms with Crippen LogP contribution in [0.1, 0.15) is 33.6 Å². The summed E-state index contributed by atoms with van der Waals surface area (Å²) < 4.78 is 25.3. The molecule has 2 aromatic carbocycles. The van der Waals surface area contributed by atoms with Crippen molar-refractivity contribution in [1.82, 2.24) is 14.5 Å². The Hall–Kier alpha value is -4.44.